The molecule has 21 heavy (non-hydrogen) atoms. The first-order chi connectivity index (χ1) is 10.1. The van der Waals surface area contributed by atoms with Crippen LogP contribution in [0.3, 0.4) is 0 Å². The van der Waals surface area contributed by atoms with Gasteiger partial charge in [-0.25, -0.2) is 9.66 Å². The monoisotopic (exact) mass is 288 g/mol. The Kier molecular flexibility index (Phi) is 4.94. The highest BCUT2D eigenvalue weighted by atomic mass is 16.5. The van der Waals surface area contributed by atoms with Gasteiger partial charge in [0.25, 0.3) is 0 Å². The van der Waals surface area contributed by atoms with Gasteiger partial charge in [-0.15, -0.1) is 0 Å². The molecule has 1 heterocycles. The van der Waals surface area contributed by atoms with E-state index in [9.17, 15) is 0 Å². The van der Waals surface area contributed by atoms with Gasteiger partial charge in [0.1, 0.15) is 5.75 Å². The molecule has 6 heteroatoms. The number of aromatic nitrogens is 2. The Morgan fingerprint density at radius 1 is 1.43 bits per heavy atom. The molecule has 0 aliphatic heterocycles. The maximum atomic E-state index is 5.74. The highest BCUT2D eigenvalue weighted by molar-refractivity contribution is 5.80. The second-order valence-electron chi connectivity index (χ2n) is 4.54. The lowest BCUT2D eigenvalue weighted by Crippen LogP contribution is -1.99. The van der Waals surface area contributed by atoms with Gasteiger partial charge in [0.05, 0.1) is 31.8 Å². The Hall–Kier alpha value is -2.34. The molecule has 1 aromatic carbocycles. The number of benzene rings is 1. The highest BCUT2D eigenvalue weighted by Gasteiger charge is 2.04. The average Bonchev–Trinajstić information content (AvgIpc) is 2.81. The molecule has 0 amide bonds. The van der Waals surface area contributed by atoms with Crippen LogP contribution >= 0.6 is 0 Å². The molecule has 2 aromatic rings. The van der Waals surface area contributed by atoms with Crippen LogP contribution in [0.1, 0.15) is 23.7 Å². The zero-order valence-corrected chi connectivity index (χ0v) is 12.5. The van der Waals surface area contributed by atoms with Crippen molar-refractivity contribution in [1.29, 1.82) is 0 Å². The number of anilines is 1. The van der Waals surface area contributed by atoms with Gasteiger partial charge in [-0.3, -0.25) is 0 Å². The van der Waals surface area contributed by atoms with Crippen molar-refractivity contribution in [3.8, 4) is 5.75 Å². The molecule has 0 unspecified atom stereocenters. The number of ether oxygens (including phenoxy) is 2. The van der Waals surface area contributed by atoms with E-state index in [0.29, 0.717) is 19.2 Å². The lowest BCUT2D eigenvalue weighted by atomic mass is 10.1. The third-order valence-electron chi connectivity index (χ3n) is 2.93. The predicted molar refractivity (Wildman–Crippen MR) is 82.7 cm³/mol. The van der Waals surface area contributed by atoms with Gasteiger partial charge in [0.15, 0.2) is 0 Å². The fraction of sp³-hybridized carbons (Fsp3) is 0.333. The smallest absolute Gasteiger partial charge is 0.221 e. The molecule has 112 valence electrons. The summed E-state index contributed by atoms with van der Waals surface area (Å²) in [6.45, 7) is 5.00. The van der Waals surface area contributed by atoms with Crippen LogP contribution in [0.15, 0.2) is 29.5 Å². The molecule has 0 bridgehead atoms. The van der Waals surface area contributed by atoms with Gasteiger partial charge < -0.3 is 15.2 Å². The standard InChI is InChI=1S/C15H20N4O2/c1-4-21-10-13-7-12(5-6-14(13)20-3)8-17-19-9-11(2)18-15(19)16/h5-9H,4,10H2,1-3H3,(H2,16,18). The van der Waals surface area contributed by atoms with Gasteiger partial charge >= 0.3 is 0 Å². The van der Waals surface area contributed by atoms with Gasteiger partial charge in [-0.2, -0.15) is 5.10 Å². The number of methoxy groups -OCH3 is 1. The van der Waals surface area contributed by atoms with Crippen molar-refractivity contribution in [3.63, 3.8) is 0 Å². The summed E-state index contributed by atoms with van der Waals surface area (Å²) < 4.78 is 12.3. The summed E-state index contributed by atoms with van der Waals surface area (Å²) in [7, 11) is 1.65. The summed E-state index contributed by atoms with van der Waals surface area (Å²) in [5.41, 5.74) is 8.50. The maximum absolute atomic E-state index is 5.74. The van der Waals surface area contributed by atoms with E-state index in [1.165, 1.54) is 0 Å². The summed E-state index contributed by atoms with van der Waals surface area (Å²) in [6, 6.07) is 5.81. The predicted octanol–water partition coefficient (Wildman–Crippen LogP) is 2.20. The summed E-state index contributed by atoms with van der Waals surface area (Å²) >= 11 is 0. The molecule has 0 radical (unpaired) electrons. The fourth-order valence-corrected chi connectivity index (χ4v) is 1.93. The number of rotatable bonds is 6. The van der Waals surface area contributed by atoms with Gasteiger partial charge in [0, 0.05) is 12.2 Å². The summed E-state index contributed by atoms with van der Waals surface area (Å²) in [4.78, 5) is 4.10. The SMILES string of the molecule is CCOCc1cc(C=Nn2cc(C)nc2N)ccc1OC. The van der Waals surface area contributed by atoms with Crippen molar-refractivity contribution in [3.05, 3.63) is 41.2 Å². The molecule has 0 spiro atoms. The van der Waals surface area contributed by atoms with E-state index in [4.69, 9.17) is 15.2 Å². The minimum absolute atomic E-state index is 0.367. The fourth-order valence-electron chi connectivity index (χ4n) is 1.93. The second kappa shape index (κ2) is 6.90. The van der Waals surface area contributed by atoms with E-state index in [1.807, 2.05) is 32.0 Å². The summed E-state index contributed by atoms with van der Waals surface area (Å²) in [5.74, 6) is 1.17. The largest absolute Gasteiger partial charge is 0.496 e. The Labute approximate surface area is 124 Å². The van der Waals surface area contributed by atoms with Crippen LogP contribution in [0.5, 0.6) is 5.75 Å². The molecule has 1 aromatic heterocycles. The average molecular weight is 288 g/mol. The minimum atomic E-state index is 0.367. The molecule has 6 nitrogen and oxygen atoms in total. The lowest BCUT2D eigenvalue weighted by Gasteiger charge is -2.09. The van der Waals surface area contributed by atoms with Crippen LogP contribution in [0, 0.1) is 6.92 Å². The van der Waals surface area contributed by atoms with Crippen LogP contribution in [0.2, 0.25) is 0 Å². The van der Waals surface area contributed by atoms with Crippen LogP contribution in [0.4, 0.5) is 5.95 Å². The quantitative estimate of drug-likeness (QED) is 0.827. The van der Waals surface area contributed by atoms with Crippen molar-refractivity contribution in [2.24, 2.45) is 5.10 Å². The van der Waals surface area contributed by atoms with Crippen molar-refractivity contribution in [2.75, 3.05) is 19.5 Å². The third-order valence-corrected chi connectivity index (χ3v) is 2.93. The molecule has 2 N–H and O–H groups in total. The summed E-state index contributed by atoms with van der Waals surface area (Å²) in [5, 5.41) is 4.30. The van der Waals surface area contributed by atoms with Crippen LogP contribution in [0.25, 0.3) is 0 Å². The van der Waals surface area contributed by atoms with Crippen molar-refractivity contribution in [2.45, 2.75) is 20.5 Å². The first-order valence-electron chi connectivity index (χ1n) is 6.74. The topological polar surface area (TPSA) is 74.7 Å². The molecule has 0 saturated heterocycles. The molecule has 2 rings (SSSR count). The van der Waals surface area contributed by atoms with E-state index < -0.39 is 0 Å². The number of nitrogen functional groups attached to an aromatic ring is 1. The Balaban J connectivity index is 2.21. The number of nitrogens with zero attached hydrogens (tertiary/aromatic N) is 3. The van der Waals surface area contributed by atoms with Gasteiger partial charge in [-0.1, -0.05) is 0 Å². The van der Waals surface area contributed by atoms with E-state index in [0.717, 1.165) is 22.6 Å². The minimum Gasteiger partial charge on any atom is -0.496 e. The Bertz CT molecular complexity index is 635. The van der Waals surface area contributed by atoms with Crippen LogP contribution in [-0.4, -0.2) is 29.6 Å². The van der Waals surface area contributed by atoms with Crippen LogP contribution < -0.4 is 10.5 Å². The molecule has 0 saturated carbocycles. The third kappa shape index (κ3) is 3.82. The first-order valence-corrected chi connectivity index (χ1v) is 6.74. The Morgan fingerprint density at radius 3 is 2.86 bits per heavy atom. The first kappa shape index (κ1) is 15.1. The molecule has 0 aliphatic rings. The molecule has 0 fully saturated rings. The van der Waals surface area contributed by atoms with E-state index in [-0.39, 0.29) is 0 Å². The number of imidazole rings is 1. The van der Waals surface area contributed by atoms with Crippen molar-refractivity contribution >= 4 is 12.2 Å². The normalized spacial score (nSPS) is 11.2. The highest BCUT2D eigenvalue weighted by Crippen LogP contribution is 2.20. The zero-order valence-electron chi connectivity index (χ0n) is 12.5. The number of hydrogen-bond donors (Lipinski definition) is 1. The van der Waals surface area contributed by atoms with E-state index in [1.54, 1.807) is 24.2 Å². The molecule has 0 aliphatic carbocycles. The van der Waals surface area contributed by atoms with Crippen molar-refractivity contribution < 1.29 is 9.47 Å². The number of hydrogen-bond acceptors (Lipinski definition) is 5. The molecular formula is C15H20N4O2. The molecule has 0 atom stereocenters. The second-order valence-corrected chi connectivity index (χ2v) is 4.54. The van der Waals surface area contributed by atoms with E-state index >= 15 is 0 Å². The lowest BCUT2D eigenvalue weighted by molar-refractivity contribution is 0.132. The number of nitrogens with two attached hydrogens (primary N) is 1. The van der Waals surface area contributed by atoms with Crippen molar-refractivity contribution in [1.82, 2.24) is 9.66 Å². The van der Waals surface area contributed by atoms with Gasteiger partial charge in [-0.05, 0) is 37.6 Å². The maximum Gasteiger partial charge on any atom is 0.221 e. The zero-order chi connectivity index (χ0) is 15.2. The molecular weight excluding hydrogens is 268 g/mol. The van der Waals surface area contributed by atoms with Gasteiger partial charge in [0.2, 0.25) is 5.95 Å². The van der Waals surface area contributed by atoms with Crippen LogP contribution in [-0.2, 0) is 11.3 Å². The summed E-state index contributed by atoms with van der Waals surface area (Å²) in [6.07, 6.45) is 3.50. The number of aryl methyl sites for hydroxylation is 1. The van der Waals surface area contributed by atoms with E-state index in [2.05, 4.69) is 10.1 Å². The Morgan fingerprint density at radius 2 is 2.24 bits per heavy atom.